The summed E-state index contributed by atoms with van der Waals surface area (Å²) in [6.45, 7) is 12.4. The van der Waals surface area contributed by atoms with Gasteiger partial charge in [0.25, 0.3) is 5.66 Å². The Balaban J connectivity index is 0.000000789. The molecule has 3 N–H and O–H groups in total. The smallest absolute Gasteiger partial charge is 0.283 e. The van der Waals surface area contributed by atoms with E-state index in [9.17, 15) is 8.78 Å². The Labute approximate surface area is 195 Å². The Morgan fingerprint density at radius 1 is 1.00 bits per heavy atom. The zero-order valence-corrected chi connectivity index (χ0v) is 21.5. The largest absolute Gasteiger partial charge is 0.378 e. The molecular weight excluding hydrogens is 425 g/mol. The predicted octanol–water partition coefficient (Wildman–Crippen LogP) is 7.65. The number of benzene rings is 2. The van der Waals surface area contributed by atoms with Crippen molar-refractivity contribution in [2.45, 2.75) is 78.3 Å². The van der Waals surface area contributed by atoms with E-state index in [1.807, 2.05) is 59.7 Å². The molecule has 0 aromatic heterocycles. The van der Waals surface area contributed by atoms with Gasteiger partial charge < -0.3 is 15.8 Å². The maximum atomic E-state index is 13.8. The average Bonchev–Trinajstić information content (AvgIpc) is 2.86. The number of rotatable bonds is 3. The maximum absolute atomic E-state index is 13.8. The first-order valence-electron chi connectivity index (χ1n) is 12.0. The molecule has 0 saturated carbocycles. The second-order valence-electron chi connectivity index (χ2n) is 7.11. The summed E-state index contributed by atoms with van der Waals surface area (Å²) in [7, 11) is 1.61. The molecular formula is C26H41F2N2OP. The molecule has 180 valence electrons. The lowest BCUT2D eigenvalue weighted by Crippen LogP contribution is -2.41. The lowest BCUT2D eigenvalue weighted by Gasteiger charge is -2.45. The zero-order chi connectivity index (χ0) is 24.3. The number of ether oxygens (including phenoxy) is 1. The summed E-state index contributed by atoms with van der Waals surface area (Å²) in [6, 6.07) is 15.1. The van der Waals surface area contributed by atoms with Gasteiger partial charge in [-0.1, -0.05) is 87.2 Å². The van der Waals surface area contributed by atoms with E-state index in [-0.39, 0.29) is 29.7 Å². The molecule has 0 spiro atoms. The molecule has 0 amide bonds. The minimum atomic E-state index is -2.96. The molecule has 5 unspecified atom stereocenters. The first kappa shape index (κ1) is 28.5. The zero-order valence-electron chi connectivity index (χ0n) is 20.4. The predicted molar refractivity (Wildman–Crippen MR) is 136 cm³/mol. The van der Waals surface area contributed by atoms with Crippen LogP contribution in [-0.4, -0.2) is 12.6 Å². The fraction of sp³-hybridized carbons (Fsp3) is 0.538. The number of halogens is 2. The number of fused-ring (bicyclic) bond motifs is 3. The van der Waals surface area contributed by atoms with Gasteiger partial charge in [-0.15, -0.1) is 0 Å². The normalized spacial score (nSPS) is 23.3. The molecule has 32 heavy (non-hydrogen) atoms. The molecule has 2 aliphatic rings. The number of hydrogen-bond acceptors (Lipinski definition) is 3. The molecule has 0 radical (unpaired) electrons. The van der Waals surface area contributed by atoms with Crippen molar-refractivity contribution in [3.8, 4) is 0 Å². The summed E-state index contributed by atoms with van der Waals surface area (Å²) in [4.78, 5) is 0. The van der Waals surface area contributed by atoms with Crippen molar-refractivity contribution < 1.29 is 13.5 Å². The van der Waals surface area contributed by atoms with Crippen LogP contribution in [0.2, 0.25) is 0 Å². The van der Waals surface area contributed by atoms with Crippen LogP contribution < -0.4 is 11.1 Å². The first-order chi connectivity index (χ1) is 15.5. The van der Waals surface area contributed by atoms with Gasteiger partial charge in [0, 0.05) is 29.3 Å². The lowest BCUT2D eigenvalue weighted by molar-refractivity contribution is -0.0888. The molecule has 6 heteroatoms. The van der Waals surface area contributed by atoms with Crippen LogP contribution in [0.3, 0.4) is 0 Å². The van der Waals surface area contributed by atoms with Gasteiger partial charge in [-0.25, -0.2) is 0 Å². The van der Waals surface area contributed by atoms with Crippen LogP contribution in [0, 0.1) is 5.92 Å². The molecule has 1 saturated heterocycles. The van der Waals surface area contributed by atoms with Crippen molar-refractivity contribution in [3.63, 3.8) is 0 Å². The van der Waals surface area contributed by atoms with E-state index in [1.165, 1.54) is 11.6 Å². The monoisotopic (exact) mass is 466 g/mol. The summed E-state index contributed by atoms with van der Waals surface area (Å²) in [5.41, 5.74) is 5.70. The molecule has 4 rings (SSSR count). The second-order valence-corrected chi connectivity index (χ2v) is 7.84. The molecule has 2 aromatic carbocycles. The number of anilines is 1. The summed E-state index contributed by atoms with van der Waals surface area (Å²) in [5, 5.41) is 3.56. The van der Waals surface area contributed by atoms with E-state index in [0.717, 1.165) is 24.1 Å². The van der Waals surface area contributed by atoms with Gasteiger partial charge in [0.05, 0.1) is 18.2 Å². The van der Waals surface area contributed by atoms with E-state index in [4.69, 9.17) is 10.5 Å². The number of alkyl halides is 2. The Hall–Kier alpha value is -1.55. The summed E-state index contributed by atoms with van der Waals surface area (Å²) < 4.78 is 33.9. The van der Waals surface area contributed by atoms with Crippen LogP contribution in [0.1, 0.15) is 83.2 Å². The van der Waals surface area contributed by atoms with Crippen LogP contribution >= 0.6 is 9.24 Å². The van der Waals surface area contributed by atoms with Gasteiger partial charge in [0.1, 0.15) is 0 Å². The maximum Gasteiger partial charge on any atom is 0.283 e. The van der Waals surface area contributed by atoms with Crippen LogP contribution in [0.15, 0.2) is 48.5 Å². The molecule has 3 nitrogen and oxygen atoms in total. The molecule has 2 aromatic rings. The van der Waals surface area contributed by atoms with Crippen molar-refractivity contribution >= 4 is 14.9 Å². The van der Waals surface area contributed by atoms with Gasteiger partial charge in [0.15, 0.2) is 0 Å². The molecule has 0 bridgehead atoms. The second kappa shape index (κ2) is 13.9. The Kier molecular flexibility index (Phi) is 12.3. The summed E-state index contributed by atoms with van der Waals surface area (Å²) in [6.07, 6.45) is 1.57. The number of hydrogen-bond donors (Lipinski definition) is 2. The van der Waals surface area contributed by atoms with Gasteiger partial charge in [-0.3, -0.25) is 0 Å². The van der Waals surface area contributed by atoms with E-state index < -0.39 is 5.66 Å². The van der Waals surface area contributed by atoms with Gasteiger partial charge in [-0.2, -0.15) is 8.78 Å². The highest BCUT2D eigenvalue weighted by atomic mass is 31.0. The minimum absolute atomic E-state index is 0.0153. The average molecular weight is 467 g/mol. The highest BCUT2D eigenvalue weighted by molar-refractivity contribution is 7.17. The van der Waals surface area contributed by atoms with Gasteiger partial charge >= 0.3 is 0 Å². The van der Waals surface area contributed by atoms with Gasteiger partial charge in [0.2, 0.25) is 0 Å². The quantitative estimate of drug-likeness (QED) is 0.457. The Morgan fingerprint density at radius 2 is 1.62 bits per heavy atom. The third kappa shape index (κ3) is 6.73. The first-order valence-corrected chi connectivity index (χ1v) is 12.5. The van der Waals surface area contributed by atoms with E-state index >= 15 is 0 Å². The van der Waals surface area contributed by atoms with Crippen LogP contribution in [-0.2, 0) is 10.4 Å². The van der Waals surface area contributed by atoms with Crippen molar-refractivity contribution in [2.24, 2.45) is 11.7 Å². The minimum Gasteiger partial charge on any atom is -0.378 e. The lowest BCUT2D eigenvalue weighted by atomic mass is 9.76. The summed E-state index contributed by atoms with van der Waals surface area (Å²) in [5.74, 6) is 0.182. The van der Waals surface area contributed by atoms with Crippen LogP contribution in [0.25, 0.3) is 0 Å². The Morgan fingerprint density at radius 3 is 2.19 bits per heavy atom. The highest BCUT2D eigenvalue weighted by Crippen LogP contribution is 2.51. The third-order valence-electron chi connectivity index (χ3n) is 5.45. The number of nitrogens with two attached hydrogens (primary N) is 1. The summed E-state index contributed by atoms with van der Waals surface area (Å²) >= 11 is 0. The van der Waals surface area contributed by atoms with Crippen molar-refractivity contribution in [1.82, 2.24) is 0 Å². The molecule has 5 atom stereocenters. The topological polar surface area (TPSA) is 47.3 Å². The molecule has 2 aliphatic heterocycles. The van der Waals surface area contributed by atoms with E-state index in [0.29, 0.717) is 6.54 Å². The van der Waals surface area contributed by atoms with Crippen LogP contribution in [0.5, 0.6) is 0 Å². The fourth-order valence-electron chi connectivity index (χ4n) is 4.13. The molecule has 2 heterocycles. The number of nitrogens with one attached hydrogen (secondary N) is 1. The van der Waals surface area contributed by atoms with Crippen molar-refractivity contribution in [3.05, 3.63) is 65.2 Å². The third-order valence-corrected chi connectivity index (χ3v) is 5.79. The fourth-order valence-corrected chi connectivity index (χ4v) is 4.31. The van der Waals surface area contributed by atoms with Crippen molar-refractivity contribution in [2.75, 3.05) is 11.9 Å². The van der Waals surface area contributed by atoms with Gasteiger partial charge in [-0.05, 0) is 30.5 Å². The molecule has 1 fully saturated rings. The standard InChI is InChI=1S/C20H23F2N2OP.3C2H6/c21-20(22,26)13-6-9-17-16(10-13)19-15(8-7-14(11-23)25-19)18(24-17)12-4-2-1-3-5-12;3*1-2/h1-6,9-10,14-15,18-19,24H,7-8,11,23,26H2;3*1-2H3. The van der Waals surface area contributed by atoms with Crippen molar-refractivity contribution in [1.29, 1.82) is 0 Å². The highest BCUT2D eigenvalue weighted by Gasteiger charge is 2.42. The van der Waals surface area contributed by atoms with E-state index in [1.54, 1.807) is 21.4 Å². The SMILES string of the molecule is CC.CC.CC.NCC1CCC2C(c3ccccc3)Nc3ccc(C(F)(F)P)cc3C2O1. The molecule has 0 aliphatic carbocycles. The Bertz CT molecular complexity index is 783. The van der Waals surface area contributed by atoms with Crippen LogP contribution in [0.4, 0.5) is 14.5 Å². The van der Waals surface area contributed by atoms with E-state index in [2.05, 4.69) is 17.4 Å².